The molecule has 4 heteroatoms. The van der Waals surface area contributed by atoms with E-state index in [2.05, 4.69) is 5.32 Å². The van der Waals surface area contributed by atoms with E-state index in [9.17, 15) is 15.0 Å². The molecule has 0 aliphatic heterocycles. The summed E-state index contributed by atoms with van der Waals surface area (Å²) < 4.78 is 0. The van der Waals surface area contributed by atoms with Crippen molar-refractivity contribution in [3.8, 4) is 11.5 Å². The van der Waals surface area contributed by atoms with Crippen LogP contribution in [0.1, 0.15) is 44.0 Å². The number of hydrogen-bond donors (Lipinski definition) is 3. The van der Waals surface area contributed by atoms with Crippen LogP contribution in [-0.4, -0.2) is 21.7 Å². The predicted molar refractivity (Wildman–Crippen MR) is 66.2 cm³/mol. The molecule has 3 N–H and O–H groups in total. The van der Waals surface area contributed by atoms with Crippen LogP contribution in [-0.2, 0) is 0 Å². The molecule has 0 aliphatic rings. The zero-order valence-corrected chi connectivity index (χ0v) is 10.4. The molecule has 0 aliphatic carbocycles. The van der Waals surface area contributed by atoms with Crippen LogP contribution in [0.25, 0.3) is 0 Å². The van der Waals surface area contributed by atoms with Gasteiger partial charge in [0.25, 0.3) is 5.91 Å². The van der Waals surface area contributed by atoms with Crippen LogP contribution in [0, 0.1) is 0 Å². The smallest absolute Gasteiger partial charge is 0.255 e. The van der Waals surface area contributed by atoms with Gasteiger partial charge in [-0.3, -0.25) is 4.79 Å². The highest BCUT2D eigenvalue weighted by atomic mass is 16.3. The van der Waals surface area contributed by atoms with Crippen molar-refractivity contribution in [3.05, 3.63) is 23.8 Å². The van der Waals surface area contributed by atoms with Gasteiger partial charge in [-0.05, 0) is 38.0 Å². The summed E-state index contributed by atoms with van der Waals surface area (Å²) >= 11 is 0. The molecular weight excluding hydrogens is 218 g/mol. The van der Waals surface area contributed by atoms with Crippen LogP contribution in [0.2, 0.25) is 0 Å². The maximum atomic E-state index is 12.0. The van der Waals surface area contributed by atoms with Gasteiger partial charge in [-0.15, -0.1) is 0 Å². The third-order valence-corrected chi connectivity index (χ3v) is 3.20. The molecule has 1 amide bonds. The standard InChI is InChI=1S/C13H19NO3/c1-4-13(3,5-2)14-12(17)10-8-9(15)6-7-11(10)16/h6-8,15-16H,4-5H2,1-3H3,(H,14,17). The molecule has 0 radical (unpaired) electrons. The van der Waals surface area contributed by atoms with E-state index in [0.717, 1.165) is 12.8 Å². The zero-order chi connectivity index (χ0) is 13.1. The lowest BCUT2D eigenvalue weighted by molar-refractivity contribution is 0.0898. The summed E-state index contributed by atoms with van der Waals surface area (Å²) in [4.78, 5) is 12.0. The maximum Gasteiger partial charge on any atom is 0.255 e. The Balaban J connectivity index is 2.94. The van der Waals surface area contributed by atoms with Gasteiger partial charge in [0.2, 0.25) is 0 Å². The van der Waals surface area contributed by atoms with Gasteiger partial charge in [0.15, 0.2) is 0 Å². The van der Waals surface area contributed by atoms with Crippen molar-refractivity contribution in [1.82, 2.24) is 5.32 Å². The van der Waals surface area contributed by atoms with E-state index in [-0.39, 0.29) is 28.5 Å². The summed E-state index contributed by atoms with van der Waals surface area (Å²) in [5.41, 5.74) is -0.201. The minimum absolute atomic E-state index is 0.0392. The number of carbonyl (C=O) groups excluding carboxylic acids is 1. The molecule has 1 rings (SSSR count). The molecule has 0 unspecified atom stereocenters. The summed E-state index contributed by atoms with van der Waals surface area (Å²) in [6.45, 7) is 5.93. The molecule has 1 aromatic carbocycles. The van der Waals surface area contributed by atoms with E-state index in [1.54, 1.807) is 0 Å². The second-order valence-corrected chi connectivity index (χ2v) is 4.42. The molecule has 0 fully saturated rings. The second-order valence-electron chi connectivity index (χ2n) is 4.42. The summed E-state index contributed by atoms with van der Waals surface area (Å²) in [6.07, 6.45) is 1.60. The Kier molecular flexibility index (Phi) is 3.99. The predicted octanol–water partition coefficient (Wildman–Crippen LogP) is 2.41. The third kappa shape index (κ3) is 3.12. The van der Waals surface area contributed by atoms with Gasteiger partial charge >= 0.3 is 0 Å². The first kappa shape index (κ1) is 13.4. The first-order chi connectivity index (χ1) is 7.91. The van der Waals surface area contributed by atoms with E-state index < -0.39 is 0 Å². The minimum atomic E-state index is -0.371. The summed E-state index contributed by atoms with van der Waals surface area (Å²) in [7, 11) is 0. The molecule has 0 atom stereocenters. The van der Waals surface area contributed by atoms with Crippen LogP contribution in [0.5, 0.6) is 11.5 Å². The number of phenolic OH excluding ortho intramolecular Hbond substituents is 2. The Labute approximate surface area is 101 Å². The second kappa shape index (κ2) is 5.08. The van der Waals surface area contributed by atoms with E-state index in [1.165, 1.54) is 18.2 Å². The van der Waals surface area contributed by atoms with E-state index in [4.69, 9.17) is 0 Å². The fraction of sp³-hybridized carbons (Fsp3) is 0.462. The number of nitrogens with one attached hydrogen (secondary N) is 1. The average Bonchev–Trinajstić information content (AvgIpc) is 2.32. The highest BCUT2D eigenvalue weighted by Gasteiger charge is 2.24. The van der Waals surface area contributed by atoms with Gasteiger partial charge in [0.05, 0.1) is 5.56 Å². The quantitative estimate of drug-likeness (QED) is 0.704. The zero-order valence-electron chi connectivity index (χ0n) is 10.4. The van der Waals surface area contributed by atoms with Gasteiger partial charge < -0.3 is 15.5 Å². The fourth-order valence-corrected chi connectivity index (χ4v) is 1.47. The lowest BCUT2D eigenvalue weighted by Crippen LogP contribution is -2.44. The number of amides is 1. The largest absolute Gasteiger partial charge is 0.508 e. The summed E-state index contributed by atoms with van der Waals surface area (Å²) in [5, 5.41) is 21.8. The average molecular weight is 237 g/mol. The molecular formula is C13H19NO3. The highest BCUT2D eigenvalue weighted by molar-refractivity contribution is 5.97. The number of benzene rings is 1. The van der Waals surface area contributed by atoms with Crippen molar-refractivity contribution in [2.75, 3.05) is 0 Å². The summed E-state index contributed by atoms with van der Waals surface area (Å²) in [6, 6.07) is 3.90. The topological polar surface area (TPSA) is 69.6 Å². The van der Waals surface area contributed by atoms with Crippen molar-refractivity contribution in [2.45, 2.75) is 39.2 Å². The molecule has 0 spiro atoms. The Bertz CT molecular complexity index is 411. The van der Waals surface area contributed by atoms with E-state index in [1.807, 2.05) is 20.8 Å². The lowest BCUT2D eigenvalue weighted by atomic mass is 9.95. The molecule has 94 valence electrons. The molecule has 17 heavy (non-hydrogen) atoms. The van der Waals surface area contributed by atoms with Gasteiger partial charge in [-0.25, -0.2) is 0 Å². The highest BCUT2D eigenvalue weighted by Crippen LogP contribution is 2.23. The minimum Gasteiger partial charge on any atom is -0.508 e. The van der Waals surface area contributed by atoms with Gasteiger partial charge in [-0.1, -0.05) is 13.8 Å². The van der Waals surface area contributed by atoms with Crippen LogP contribution in [0.15, 0.2) is 18.2 Å². The van der Waals surface area contributed by atoms with Crippen molar-refractivity contribution in [1.29, 1.82) is 0 Å². The number of phenols is 2. The summed E-state index contributed by atoms with van der Waals surface area (Å²) in [5.74, 6) is -0.540. The maximum absolute atomic E-state index is 12.0. The Morgan fingerprint density at radius 1 is 1.29 bits per heavy atom. The first-order valence-electron chi connectivity index (χ1n) is 5.76. The van der Waals surface area contributed by atoms with E-state index in [0.29, 0.717) is 0 Å². The molecule has 0 saturated carbocycles. The van der Waals surface area contributed by atoms with E-state index >= 15 is 0 Å². The Morgan fingerprint density at radius 3 is 2.41 bits per heavy atom. The van der Waals surface area contributed by atoms with Crippen LogP contribution < -0.4 is 5.32 Å². The lowest BCUT2D eigenvalue weighted by Gasteiger charge is -2.28. The number of hydrogen-bond acceptors (Lipinski definition) is 3. The molecule has 0 bridgehead atoms. The number of carbonyl (C=O) groups is 1. The van der Waals surface area contributed by atoms with Crippen LogP contribution >= 0.6 is 0 Å². The molecule has 0 heterocycles. The molecule has 1 aromatic rings. The van der Waals surface area contributed by atoms with Gasteiger partial charge in [0, 0.05) is 5.54 Å². The molecule has 4 nitrogen and oxygen atoms in total. The monoisotopic (exact) mass is 237 g/mol. The Hall–Kier alpha value is -1.71. The van der Waals surface area contributed by atoms with Gasteiger partial charge in [0.1, 0.15) is 11.5 Å². The fourth-order valence-electron chi connectivity index (χ4n) is 1.47. The van der Waals surface area contributed by atoms with Gasteiger partial charge in [-0.2, -0.15) is 0 Å². The number of rotatable bonds is 4. The molecule has 0 aromatic heterocycles. The van der Waals surface area contributed by atoms with Crippen LogP contribution in [0.4, 0.5) is 0 Å². The van der Waals surface area contributed by atoms with Crippen LogP contribution in [0.3, 0.4) is 0 Å². The molecule has 0 saturated heterocycles. The normalized spacial score (nSPS) is 11.2. The first-order valence-corrected chi connectivity index (χ1v) is 5.76. The van der Waals surface area contributed by atoms with Crippen molar-refractivity contribution in [3.63, 3.8) is 0 Å². The Morgan fingerprint density at radius 2 is 1.88 bits per heavy atom. The van der Waals surface area contributed by atoms with Crippen molar-refractivity contribution >= 4 is 5.91 Å². The SMILES string of the molecule is CCC(C)(CC)NC(=O)c1cc(O)ccc1O. The van der Waals surface area contributed by atoms with Crippen molar-refractivity contribution in [2.24, 2.45) is 0 Å². The van der Waals surface area contributed by atoms with Crippen molar-refractivity contribution < 1.29 is 15.0 Å². The number of aromatic hydroxyl groups is 2. The third-order valence-electron chi connectivity index (χ3n) is 3.20.